The van der Waals surface area contributed by atoms with Crippen LogP contribution in [0.15, 0.2) is 93.8 Å². The quantitative estimate of drug-likeness (QED) is 0.396. The number of rotatable bonds is 3. The maximum absolute atomic E-state index is 12.9. The van der Waals surface area contributed by atoms with E-state index in [0.29, 0.717) is 22.3 Å². The van der Waals surface area contributed by atoms with Gasteiger partial charge in [0.25, 0.3) is 5.91 Å². The van der Waals surface area contributed by atoms with Crippen molar-refractivity contribution >= 4 is 49.2 Å². The minimum atomic E-state index is -0.622. The van der Waals surface area contributed by atoms with Gasteiger partial charge in [0.05, 0.1) is 15.6 Å². The van der Waals surface area contributed by atoms with Gasteiger partial charge in [-0.15, -0.1) is 6.58 Å². The molecule has 5 rings (SSSR count). The van der Waals surface area contributed by atoms with Crippen LogP contribution in [0.2, 0.25) is 0 Å². The molecule has 146 valence electrons. The van der Waals surface area contributed by atoms with Crippen LogP contribution in [0.25, 0.3) is 32.0 Å². The Hall–Kier alpha value is -3.77. The summed E-state index contributed by atoms with van der Waals surface area (Å²) in [6.07, 6.45) is 2.95. The second kappa shape index (κ2) is 7.24. The highest BCUT2D eigenvalue weighted by Crippen LogP contribution is 2.27. The maximum Gasteiger partial charge on any atom is 0.286 e. The molecule has 0 aliphatic rings. The number of para-hydroxylation sites is 1. The first-order valence-corrected chi connectivity index (χ1v) is 10.2. The number of thiazole rings is 1. The Kier molecular flexibility index (Phi) is 4.41. The van der Waals surface area contributed by atoms with Crippen molar-refractivity contribution in [2.75, 3.05) is 0 Å². The van der Waals surface area contributed by atoms with Crippen LogP contribution in [0.5, 0.6) is 0 Å². The largest absolute Gasteiger partial charge is 0.463 e. The molecule has 0 spiro atoms. The zero-order valence-electron chi connectivity index (χ0n) is 15.9. The Bertz CT molecular complexity index is 1590. The maximum atomic E-state index is 12.9. The SMILES string of the molecule is C=CCn1c(=NC(=O)c2coc3ccccc3c2=O)sc2c3ccccc3ccc21. The number of carbonyl (C=O) groups excluding carboxylic acids is 1. The zero-order valence-corrected chi connectivity index (χ0v) is 16.7. The van der Waals surface area contributed by atoms with Crippen LogP contribution >= 0.6 is 11.3 Å². The molecule has 1 amide bonds. The number of benzene rings is 3. The number of carbonyl (C=O) groups is 1. The minimum absolute atomic E-state index is 0.0823. The summed E-state index contributed by atoms with van der Waals surface area (Å²) in [6.45, 7) is 4.32. The van der Waals surface area contributed by atoms with Crippen molar-refractivity contribution in [2.24, 2.45) is 4.99 Å². The highest BCUT2D eigenvalue weighted by molar-refractivity contribution is 7.17. The summed E-state index contributed by atoms with van der Waals surface area (Å²) in [5, 5.41) is 2.57. The Balaban J connectivity index is 1.74. The number of hydrogen-bond donors (Lipinski definition) is 0. The number of allylic oxidation sites excluding steroid dienone is 1. The van der Waals surface area contributed by atoms with Gasteiger partial charge in [-0.1, -0.05) is 59.9 Å². The minimum Gasteiger partial charge on any atom is -0.463 e. The van der Waals surface area contributed by atoms with Crippen molar-refractivity contribution in [3.8, 4) is 0 Å². The smallest absolute Gasteiger partial charge is 0.286 e. The van der Waals surface area contributed by atoms with Crippen molar-refractivity contribution in [3.63, 3.8) is 0 Å². The highest BCUT2D eigenvalue weighted by atomic mass is 32.1. The predicted molar refractivity (Wildman–Crippen MR) is 120 cm³/mol. The molecule has 0 aliphatic carbocycles. The van der Waals surface area contributed by atoms with Gasteiger partial charge in [-0.2, -0.15) is 4.99 Å². The van der Waals surface area contributed by atoms with Gasteiger partial charge in [-0.05, 0) is 23.6 Å². The van der Waals surface area contributed by atoms with Crippen LogP contribution in [-0.4, -0.2) is 10.5 Å². The Morgan fingerprint density at radius 3 is 2.67 bits per heavy atom. The summed E-state index contributed by atoms with van der Waals surface area (Å²) in [6, 6.07) is 19.0. The third-order valence-corrected chi connectivity index (χ3v) is 6.12. The first-order valence-electron chi connectivity index (χ1n) is 9.39. The molecular formula is C24H16N2O3S. The van der Waals surface area contributed by atoms with Crippen molar-refractivity contribution in [3.05, 3.63) is 100 Å². The van der Waals surface area contributed by atoms with Crippen LogP contribution in [0.3, 0.4) is 0 Å². The van der Waals surface area contributed by atoms with Crippen LogP contribution in [0.4, 0.5) is 0 Å². The molecule has 5 aromatic rings. The molecule has 0 saturated carbocycles. The van der Waals surface area contributed by atoms with Gasteiger partial charge < -0.3 is 8.98 Å². The molecular weight excluding hydrogens is 396 g/mol. The normalized spacial score (nSPS) is 12.1. The van der Waals surface area contributed by atoms with E-state index in [1.54, 1.807) is 30.3 Å². The summed E-state index contributed by atoms with van der Waals surface area (Å²) >= 11 is 1.42. The van der Waals surface area contributed by atoms with E-state index in [1.165, 1.54) is 17.6 Å². The van der Waals surface area contributed by atoms with E-state index in [1.807, 2.05) is 28.8 Å². The van der Waals surface area contributed by atoms with Gasteiger partial charge in [0.15, 0.2) is 4.80 Å². The van der Waals surface area contributed by atoms with Crippen molar-refractivity contribution in [1.82, 2.24) is 4.57 Å². The molecule has 2 heterocycles. The number of hydrogen-bond acceptors (Lipinski definition) is 4. The summed E-state index contributed by atoms with van der Waals surface area (Å²) in [4.78, 5) is 30.5. The molecule has 2 aromatic heterocycles. The van der Waals surface area contributed by atoms with E-state index in [0.717, 1.165) is 21.0 Å². The third kappa shape index (κ3) is 2.89. The second-order valence-corrected chi connectivity index (χ2v) is 7.79. The van der Waals surface area contributed by atoms with Crippen LogP contribution in [-0.2, 0) is 6.54 Å². The summed E-state index contributed by atoms with van der Waals surface area (Å²) in [5.74, 6) is -0.622. The molecule has 30 heavy (non-hydrogen) atoms. The van der Waals surface area contributed by atoms with E-state index in [9.17, 15) is 9.59 Å². The Morgan fingerprint density at radius 2 is 1.83 bits per heavy atom. The number of amides is 1. The van der Waals surface area contributed by atoms with Crippen molar-refractivity contribution in [1.29, 1.82) is 0 Å². The zero-order chi connectivity index (χ0) is 20.7. The fourth-order valence-electron chi connectivity index (χ4n) is 3.56. The fourth-order valence-corrected chi connectivity index (χ4v) is 4.73. The topological polar surface area (TPSA) is 64.6 Å². The lowest BCUT2D eigenvalue weighted by molar-refractivity contribution is 0.0995. The van der Waals surface area contributed by atoms with E-state index in [-0.39, 0.29) is 11.0 Å². The van der Waals surface area contributed by atoms with Crippen LogP contribution < -0.4 is 10.2 Å². The van der Waals surface area contributed by atoms with Gasteiger partial charge >= 0.3 is 0 Å². The van der Waals surface area contributed by atoms with E-state index in [2.05, 4.69) is 23.7 Å². The third-order valence-electron chi connectivity index (χ3n) is 4.99. The fraction of sp³-hybridized carbons (Fsp3) is 0.0417. The molecule has 0 N–H and O–H groups in total. The number of aromatic nitrogens is 1. The Labute approximate surface area is 174 Å². The van der Waals surface area contributed by atoms with Crippen LogP contribution in [0.1, 0.15) is 10.4 Å². The van der Waals surface area contributed by atoms with Crippen molar-refractivity contribution in [2.45, 2.75) is 6.54 Å². The molecule has 0 atom stereocenters. The van der Waals surface area contributed by atoms with E-state index < -0.39 is 5.91 Å². The van der Waals surface area contributed by atoms with Gasteiger partial charge in [0, 0.05) is 11.9 Å². The lowest BCUT2D eigenvalue weighted by Gasteiger charge is -2.03. The molecule has 0 bridgehead atoms. The first-order chi connectivity index (χ1) is 14.7. The van der Waals surface area contributed by atoms with E-state index >= 15 is 0 Å². The molecule has 0 radical (unpaired) electrons. The van der Waals surface area contributed by atoms with E-state index in [4.69, 9.17) is 4.42 Å². The molecule has 0 saturated heterocycles. The van der Waals surface area contributed by atoms with Crippen LogP contribution in [0, 0.1) is 0 Å². The first kappa shape index (κ1) is 18.3. The summed E-state index contributed by atoms with van der Waals surface area (Å²) in [7, 11) is 0. The molecule has 0 unspecified atom stereocenters. The van der Waals surface area contributed by atoms with Gasteiger partial charge in [0.2, 0.25) is 5.43 Å². The average Bonchev–Trinajstić information content (AvgIpc) is 3.12. The highest BCUT2D eigenvalue weighted by Gasteiger charge is 2.15. The number of nitrogens with zero attached hydrogens (tertiary/aromatic N) is 2. The molecule has 0 aliphatic heterocycles. The Morgan fingerprint density at radius 1 is 1.07 bits per heavy atom. The monoisotopic (exact) mass is 412 g/mol. The summed E-state index contributed by atoms with van der Waals surface area (Å²) in [5.41, 5.74) is 0.943. The average molecular weight is 412 g/mol. The number of fused-ring (bicyclic) bond motifs is 4. The molecule has 5 nitrogen and oxygen atoms in total. The summed E-state index contributed by atoms with van der Waals surface area (Å²) < 4.78 is 8.44. The predicted octanol–water partition coefficient (Wildman–Crippen LogP) is 4.89. The second-order valence-electron chi connectivity index (χ2n) is 6.81. The standard InChI is InChI=1S/C24H16N2O3S/c1-2-13-26-19-12-11-15-7-3-4-8-16(15)22(19)30-24(26)25-23(28)18-14-29-20-10-6-5-9-17(20)21(18)27/h2-12,14H,1,13H2. The molecule has 6 heteroatoms. The van der Waals surface area contributed by atoms with Crippen molar-refractivity contribution < 1.29 is 9.21 Å². The van der Waals surface area contributed by atoms with Gasteiger partial charge in [-0.3, -0.25) is 9.59 Å². The lowest BCUT2D eigenvalue weighted by Crippen LogP contribution is -2.19. The molecule has 0 fully saturated rings. The van der Waals surface area contributed by atoms with Gasteiger partial charge in [-0.25, -0.2) is 0 Å². The molecule has 3 aromatic carbocycles. The van der Waals surface area contributed by atoms with Gasteiger partial charge in [0.1, 0.15) is 17.4 Å². The lowest BCUT2D eigenvalue weighted by atomic mass is 10.1.